The molecule has 2 N–H and O–H groups in total. The monoisotopic (exact) mass is 406 g/mol. The van der Waals surface area contributed by atoms with Gasteiger partial charge in [-0.1, -0.05) is 29.3 Å². The Bertz CT molecular complexity index is 912. The van der Waals surface area contributed by atoms with Crippen molar-refractivity contribution >= 4 is 52.0 Å². The minimum absolute atomic E-state index is 0.449. The van der Waals surface area contributed by atoms with E-state index >= 15 is 0 Å². The number of ether oxygens (including phenoxy) is 1. The Labute approximate surface area is 166 Å². The van der Waals surface area contributed by atoms with E-state index in [4.69, 9.17) is 40.2 Å². The highest BCUT2D eigenvalue weighted by Gasteiger charge is 2.06. The predicted molar refractivity (Wildman–Crippen MR) is 111 cm³/mol. The molecular weight excluding hydrogens is 391 g/mol. The van der Waals surface area contributed by atoms with E-state index in [-0.39, 0.29) is 0 Å². The summed E-state index contributed by atoms with van der Waals surface area (Å²) in [6.07, 6.45) is 1.85. The van der Waals surface area contributed by atoms with Gasteiger partial charge < -0.3 is 15.4 Å². The lowest BCUT2D eigenvalue weighted by molar-refractivity contribution is 0.415. The minimum atomic E-state index is 0.449. The van der Waals surface area contributed by atoms with Crippen molar-refractivity contribution in [2.24, 2.45) is 0 Å². The van der Waals surface area contributed by atoms with Crippen molar-refractivity contribution in [3.63, 3.8) is 0 Å². The summed E-state index contributed by atoms with van der Waals surface area (Å²) >= 11 is 17.4. The van der Waals surface area contributed by atoms with Gasteiger partial charge in [-0.15, -0.1) is 0 Å². The van der Waals surface area contributed by atoms with Crippen molar-refractivity contribution in [2.45, 2.75) is 6.54 Å². The number of rotatable bonds is 5. The van der Waals surface area contributed by atoms with Crippen molar-refractivity contribution in [3.05, 3.63) is 70.3 Å². The van der Waals surface area contributed by atoms with Crippen molar-refractivity contribution in [2.75, 3.05) is 17.7 Å². The van der Waals surface area contributed by atoms with Gasteiger partial charge in [0.25, 0.3) is 0 Å². The standard InChI is InChI=1S/C18H16Cl2N4OS/c1-25-15-6-4-14(5-7-15)21-18(26)22-17-8-9-24(23-17)11-12-2-3-13(19)10-16(12)20/h2-10H,11H2,1H3,(H2,21,22,23,26). The minimum Gasteiger partial charge on any atom is -0.497 e. The molecule has 0 saturated heterocycles. The molecule has 0 aliphatic heterocycles. The average molecular weight is 407 g/mol. The fraction of sp³-hybridized carbons (Fsp3) is 0.111. The Morgan fingerprint density at radius 3 is 2.58 bits per heavy atom. The van der Waals surface area contributed by atoms with Crippen LogP contribution in [-0.4, -0.2) is 22.0 Å². The fourth-order valence-corrected chi connectivity index (χ4v) is 2.98. The second kappa shape index (κ2) is 8.40. The average Bonchev–Trinajstić information content (AvgIpc) is 3.05. The number of hydrogen-bond acceptors (Lipinski definition) is 3. The number of nitrogens with zero attached hydrogens (tertiary/aromatic N) is 2. The Kier molecular flexibility index (Phi) is 5.98. The van der Waals surface area contributed by atoms with Gasteiger partial charge in [-0.2, -0.15) is 5.10 Å². The molecule has 0 amide bonds. The van der Waals surface area contributed by atoms with Crippen LogP contribution in [0.2, 0.25) is 10.0 Å². The van der Waals surface area contributed by atoms with E-state index in [0.29, 0.717) is 27.5 Å². The molecule has 0 fully saturated rings. The summed E-state index contributed by atoms with van der Waals surface area (Å²) in [6, 6.07) is 14.7. The topological polar surface area (TPSA) is 51.1 Å². The van der Waals surface area contributed by atoms with E-state index in [1.54, 1.807) is 23.9 Å². The summed E-state index contributed by atoms with van der Waals surface area (Å²) in [7, 11) is 1.63. The highest BCUT2D eigenvalue weighted by molar-refractivity contribution is 7.80. The zero-order valence-electron chi connectivity index (χ0n) is 13.9. The molecule has 0 spiro atoms. The molecule has 0 saturated carbocycles. The lowest BCUT2D eigenvalue weighted by Gasteiger charge is -2.09. The number of thiocarbonyl (C=S) groups is 1. The number of methoxy groups -OCH3 is 1. The van der Waals surface area contributed by atoms with Crippen LogP contribution in [0.15, 0.2) is 54.7 Å². The van der Waals surface area contributed by atoms with Crippen molar-refractivity contribution in [1.82, 2.24) is 9.78 Å². The number of halogens is 2. The Balaban J connectivity index is 1.59. The molecule has 1 aromatic heterocycles. The second-order valence-corrected chi connectivity index (χ2v) is 6.69. The van der Waals surface area contributed by atoms with Gasteiger partial charge in [0.15, 0.2) is 10.9 Å². The molecule has 0 bridgehead atoms. The summed E-state index contributed by atoms with van der Waals surface area (Å²) in [5, 5.41) is 12.3. The molecule has 0 aliphatic carbocycles. The first-order valence-electron chi connectivity index (χ1n) is 7.73. The number of nitrogens with one attached hydrogen (secondary N) is 2. The molecule has 8 heteroatoms. The first kappa shape index (κ1) is 18.5. The van der Waals surface area contributed by atoms with Crippen molar-refractivity contribution in [3.8, 4) is 5.75 Å². The zero-order valence-corrected chi connectivity index (χ0v) is 16.2. The summed E-state index contributed by atoms with van der Waals surface area (Å²) < 4.78 is 6.90. The van der Waals surface area contributed by atoms with Crippen molar-refractivity contribution in [1.29, 1.82) is 0 Å². The molecule has 2 aromatic carbocycles. The summed E-state index contributed by atoms with van der Waals surface area (Å²) in [4.78, 5) is 0. The SMILES string of the molecule is COc1ccc(NC(=S)Nc2ccn(Cc3ccc(Cl)cc3Cl)n2)cc1. The normalized spacial score (nSPS) is 10.4. The Hall–Kier alpha value is -2.28. The highest BCUT2D eigenvalue weighted by Crippen LogP contribution is 2.22. The van der Waals surface area contributed by atoms with Gasteiger partial charge in [0.2, 0.25) is 0 Å². The van der Waals surface area contributed by atoms with E-state index < -0.39 is 0 Å². The Morgan fingerprint density at radius 2 is 1.88 bits per heavy atom. The van der Waals surface area contributed by atoms with Gasteiger partial charge in [0, 0.05) is 28.0 Å². The zero-order chi connectivity index (χ0) is 18.5. The van der Waals surface area contributed by atoms with Gasteiger partial charge in [0.1, 0.15) is 5.75 Å². The van der Waals surface area contributed by atoms with Gasteiger partial charge in [-0.3, -0.25) is 4.68 Å². The number of anilines is 2. The molecule has 0 aliphatic rings. The molecule has 3 rings (SSSR count). The maximum absolute atomic E-state index is 6.20. The third kappa shape index (κ3) is 4.88. The van der Waals surface area contributed by atoms with Gasteiger partial charge in [-0.05, 0) is 54.2 Å². The smallest absolute Gasteiger partial charge is 0.176 e. The first-order chi connectivity index (χ1) is 12.5. The highest BCUT2D eigenvalue weighted by atomic mass is 35.5. The van der Waals surface area contributed by atoms with E-state index in [1.165, 1.54) is 0 Å². The maximum Gasteiger partial charge on any atom is 0.176 e. The van der Waals surface area contributed by atoms with Crippen LogP contribution in [0.25, 0.3) is 0 Å². The van der Waals surface area contributed by atoms with Crippen LogP contribution >= 0.6 is 35.4 Å². The molecule has 0 unspecified atom stereocenters. The van der Waals surface area contributed by atoms with Gasteiger partial charge in [0.05, 0.1) is 13.7 Å². The van der Waals surface area contributed by atoms with Crippen LogP contribution in [0, 0.1) is 0 Å². The third-order valence-corrected chi connectivity index (χ3v) is 4.37. The van der Waals surface area contributed by atoms with Crippen molar-refractivity contribution < 1.29 is 4.74 Å². The molecule has 0 atom stereocenters. The predicted octanol–water partition coefficient (Wildman–Crippen LogP) is 5.06. The summed E-state index contributed by atoms with van der Waals surface area (Å²) in [6.45, 7) is 0.538. The summed E-state index contributed by atoms with van der Waals surface area (Å²) in [5.74, 6) is 1.43. The lowest BCUT2D eigenvalue weighted by atomic mass is 10.2. The maximum atomic E-state index is 6.20. The quantitative estimate of drug-likeness (QED) is 0.580. The van der Waals surface area contributed by atoms with Crippen LogP contribution in [0.1, 0.15) is 5.56 Å². The second-order valence-electron chi connectivity index (χ2n) is 5.44. The molecule has 26 heavy (non-hydrogen) atoms. The molecule has 0 radical (unpaired) electrons. The van der Waals surface area contributed by atoms with Gasteiger partial charge >= 0.3 is 0 Å². The van der Waals surface area contributed by atoms with Crippen LogP contribution < -0.4 is 15.4 Å². The van der Waals surface area contributed by atoms with Crippen LogP contribution in [0.5, 0.6) is 5.75 Å². The van der Waals surface area contributed by atoms with Crippen LogP contribution in [-0.2, 0) is 6.54 Å². The molecular formula is C18H16Cl2N4OS. The first-order valence-corrected chi connectivity index (χ1v) is 8.89. The van der Waals surface area contributed by atoms with E-state index in [1.807, 2.05) is 42.6 Å². The molecule has 1 heterocycles. The number of aromatic nitrogens is 2. The molecule has 3 aromatic rings. The Morgan fingerprint density at radius 1 is 1.12 bits per heavy atom. The lowest BCUT2D eigenvalue weighted by Crippen LogP contribution is -2.19. The largest absolute Gasteiger partial charge is 0.497 e. The molecule has 134 valence electrons. The van der Waals surface area contributed by atoms with E-state index in [0.717, 1.165) is 17.0 Å². The van der Waals surface area contributed by atoms with Crippen LogP contribution in [0.3, 0.4) is 0 Å². The van der Waals surface area contributed by atoms with Crippen LogP contribution in [0.4, 0.5) is 11.5 Å². The third-order valence-electron chi connectivity index (χ3n) is 3.58. The number of hydrogen-bond donors (Lipinski definition) is 2. The van der Waals surface area contributed by atoms with E-state index in [9.17, 15) is 0 Å². The van der Waals surface area contributed by atoms with E-state index in [2.05, 4.69) is 15.7 Å². The summed E-state index contributed by atoms with van der Waals surface area (Å²) in [5.41, 5.74) is 1.79. The van der Waals surface area contributed by atoms with Gasteiger partial charge in [-0.25, -0.2) is 0 Å². The molecule has 5 nitrogen and oxygen atoms in total. The fourth-order valence-electron chi connectivity index (χ4n) is 2.29. The number of benzene rings is 2.